The van der Waals surface area contributed by atoms with Gasteiger partial charge >= 0.3 is 6.03 Å². The maximum Gasteiger partial charge on any atom is 0.328 e. The summed E-state index contributed by atoms with van der Waals surface area (Å²) in [6, 6.07) is 17.0. The van der Waals surface area contributed by atoms with Crippen LogP contribution in [0.15, 0.2) is 73.2 Å². The number of para-hydroxylation sites is 1. The molecule has 1 aliphatic rings. The molecule has 5 rings (SSSR count). The van der Waals surface area contributed by atoms with Gasteiger partial charge in [-0.1, -0.05) is 36.4 Å². The van der Waals surface area contributed by atoms with Crippen LogP contribution in [0.5, 0.6) is 0 Å². The number of amides is 1. The van der Waals surface area contributed by atoms with Crippen LogP contribution in [0.2, 0.25) is 0 Å². The zero-order valence-corrected chi connectivity index (χ0v) is 18.8. The number of aromatic nitrogens is 2. The van der Waals surface area contributed by atoms with Crippen LogP contribution in [0.3, 0.4) is 0 Å². The third-order valence-electron chi connectivity index (χ3n) is 6.03. The molecular weight excluding hydrogens is 414 g/mol. The highest BCUT2D eigenvalue weighted by molar-refractivity contribution is 6.17. The Kier molecular flexibility index (Phi) is 5.09. The number of rotatable bonds is 4. The van der Waals surface area contributed by atoms with Crippen LogP contribution in [-0.4, -0.2) is 46.5 Å². The van der Waals surface area contributed by atoms with Crippen LogP contribution in [0.4, 0.5) is 16.2 Å². The van der Waals surface area contributed by atoms with E-state index in [-0.39, 0.29) is 18.0 Å². The minimum atomic E-state index is -0.192. The van der Waals surface area contributed by atoms with Gasteiger partial charge in [-0.3, -0.25) is 14.3 Å². The van der Waals surface area contributed by atoms with Gasteiger partial charge in [0.05, 0.1) is 29.3 Å². The van der Waals surface area contributed by atoms with E-state index in [1.165, 1.54) is 9.47 Å². The fourth-order valence-electron chi connectivity index (χ4n) is 4.38. The predicted octanol–water partition coefficient (Wildman–Crippen LogP) is 4.58. The molecule has 1 aliphatic heterocycles. The van der Waals surface area contributed by atoms with Crippen LogP contribution in [0.25, 0.3) is 10.9 Å². The number of hydrogen-bond donors (Lipinski definition) is 1. The van der Waals surface area contributed by atoms with E-state index in [4.69, 9.17) is 0 Å². The molecule has 166 valence electrons. The summed E-state index contributed by atoms with van der Waals surface area (Å²) in [6.45, 7) is 2.76. The Labute approximate surface area is 192 Å². The Bertz CT molecular complexity index is 1370. The molecule has 0 saturated carbocycles. The van der Waals surface area contributed by atoms with Crippen molar-refractivity contribution >= 4 is 34.1 Å². The highest BCUT2D eigenvalue weighted by Gasteiger charge is 2.26. The zero-order chi connectivity index (χ0) is 23.1. The lowest BCUT2D eigenvalue weighted by Crippen LogP contribution is -2.32. The Balaban J connectivity index is 1.48. The Hall–Kier alpha value is -4.13. The van der Waals surface area contributed by atoms with Crippen molar-refractivity contribution < 1.29 is 9.59 Å². The summed E-state index contributed by atoms with van der Waals surface area (Å²) in [5.74, 6) is -0.101. The SMILES string of the molecule is CC1Nc2cnccc2N1Cc1cccc(C(=O)c2cn(C(=O)N(C)C)c3ccccc23)c1. The molecule has 0 aliphatic carbocycles. The van der Waals surface area contributed by atoms with Crippen LogP contribution >= 0.6 is 0 Å². The molecule has 0 spiro atoms. The van der Waals surface area contributed by atoms with Gasteiger partial charge in [0.1, 0.15) is 0 Å². The first-order chi connectivity index (χ1) is 15.9. The number of anilines is 2. The number of benzene rings is 2. The molecule has 1 atom stereocenters. The molecule has 0 radical (unpaired) electrons. The molecule has 7 heteroatoms. The Morgan fingerprint density at radius 3 is 2.73 bits per heavy atom. The molecule has 2 aromatic carbocycles. The molecular formula is C26H25N5O2. The Morgan fingerprint density at radius 2 is 1.91 bits per heavy atom. The lowest BCUT2D eigenvalue weighted by Gasteiger charge is -2.24. The van der Waals surface area contributed by atoms with Gasteiger partial charge in [0.15, 0.2) is 5.78 Å². The van der Waals surface area contributed by atoms with Crippen molar-refractivity contribution in [2.75, 3.05) is 24.3 Å². The quantitative estimate of drug-likeness (QED) is 0.472. The van der Waals surface area contributed by atoms with Crippen molar-refractivity contribution in [3.8, 4) is 0 Å². The van der Waals surface area contributed by atoms with Crippen LogP contribution in [0, 0.1) is 0 Å². The van der Waals surface area contributed by atoms with Crippen LogP contribution in [-0.2, 0) is 6.54 Å². The molecule has 1 amide bonds. The number of hydrogen-bond acceptors (Lipinski definition) is 5. The van der Waals surface area contributed by atoms with Gasteiger partial charge in [-0.25, -0.2) is 4.79 Å². The van der Waals surface area contributed by atoms with E-state index in [0.29, 0.717) is 17.7 Å². The van der Waals surface area contributed by atoms with Gasteiger partial charge in [0.2, 0.25) is 0 Å². The molecule has 7 nitrogen and oxygen atoms in total. The summed E-state index contributed by atoms with van der Waals surface area (Å²) in [7, 11) is 3.40. The highest BCUT2D eigenvalue weighted by Crippen LogP contribution is 2.34. The van der Waals surface area contributed by atoms with Crippen molar-refractivity contribution in [1.82, 2.24) is 14.5 Å². The second kappa shape index (κ2) is 8.09. The topological polar surface area (TPSA) is 70.5 Å². The van der Waals surface area contributed by atoms with Crippen molar-refractivity contribution in [2.45, 2.75) is 19.6 Å². The van der Waals surface area contributed by atoms with Crippen molar-refractivity contribution in [3.63, 3.8) is 0 Å². The van der Waals surface area contributed by atoms with Crippen LogP contribution in [0.1, 0.15) is 28.4 Å². The summed E-state index contributed by atoms with van der Waals surface area (Å²) in [4.78, 5) is 34.2. The molecule has 0 bridgehead atoms. The van der Waals surface area contributed by atoms with Gasteiger partial charge in [-0.05, 0) is 30.7 Å². The van der Waals surface area contributed by atoms with E-state index in [0.717, 1.165) is 27.8 Å². The van der Waals surface area contributed by atoms with E-state index in [1.54, 1.807) is 26.5 Å². The fourth-order valence-corrected chi connectivity index (χ4v) is 4.38. The summed E-state index contributed by atoms with van der Waals surface area (Å²) in [5.41, 5.74) is 4.98. The first kappa shape index (κ1) is 20.8. The fraction of sp³-hybridized carbons (Fsp3) is 0.192. The third-order valence-corrected chi connectivity index (χ3v) is 6.03. The molecule has 1 unspecified atom stereocenters. The van der Waals surface area contributed by atoms with Gasteiger partial charge in [0, 0.05) is 49.5 Å². The molecule has 33 heavy (non-hydrogen) atoms. The van der Waals surface area contributed by atoms with Crippen LogP contribution < -0.4 is 10.2 Å². The molecule has 2 aromatic heterocycles. The standard InChI is InChI=1S/C26H25N5O2/c1-17-28-22-14-27-12-11-24(22)30(17)15-18-7-6-8-19(13-18)25(32)21-16-31(26(33)29(2)3)23-10-5-4-9-20(21)23/h4-14,16-17,28H,15H2,1-3H3. The second-order valence-electron chi connectivity index (χ2n) is 8.48. The summed E-state index contributed by atoms with van der Waals surface area (Å²) >= 11 is 0. The molecule has 0 fully saturated rings. The zero-order valence-electron chi connectivity index (χ0n) is 18.8. The lowest BCUT2D eigenvalue weighted by molar-refractivity contribution is 0.104. The number of ketones is 1. The molecule has 1 N–H and O–H groups in total. The van der Waals surface area contributed by atoms with E-state index in [9.17, 15) is 9.59 Å². The predicted molar refractivity (Wildman–Crippen MR) is 130 cm³/mol. The van der Waals surface area contributed by atoms with Crippen molar-refractivity contribution in [3.05, 3.63) is 89.9 Å². The van der Waals surface area contributed by atoms with E-state index in [1.807, 2.05) is 60.8 Å². The smallest absolute Gasteiger partial charge is 0.328 e. The number of nitrogens with one attached hydrogen (secondary N) is 1. The number of fused-ring (bicyclic) bond motifs is 2. The van der Waals surface area contributed by atoms with Gasteiger partial charge < -0.3 is 15.1 Å². The maximum atomic E-state index is 13.5. The van der Waals surface area contributed by atoms with Crippen molar-refractivity contribution in [2.24, 2.45) is 0 Å². The molecule has 4 aromatic rings. The van der Waals surface area contributed by atoms with E-state index in [2.05, 4.69) is 22.1 Å². The number of carbonyl (C=O) groups is 2. The average Bonchev–Trinajstić information content (AvgIpc) is 3.36. The lowest BCUT2D eigenvalue weighted by atomic mass is 10.0. The highest BCUT2D eigenvalue weighted by atomic mass is 16.2. The van der Waals surface area contributed by atoms with Crippen molar-refractivity contribution in [1.29, 1.82) is 0 Å². The monoisotopic (exact) mass is 439 g/mol. The Morgan fingerprint density at radius 1 is 1.09 bits per heavy atom. The minimum Gasteiger partial charge on any atom is -0.362 e. The molecule has 3 heterocycles. The minimum absolute atomic E-state index is 0.101. The van der Waals surface area contributed by atoms with Gasteiger partial charge in [0.25, 0.3) is 0 Å². The largest absolute Gasteiger partial charge is 0.362 e. The second-order valence-corrected chi connectivity index (χ2v) is 8.48. The first-order valence-corrected chi connectivity index (χ1v) is 10.9. The first-order valence-electron chi connectivity index (χ1n) is 10.9. The number of pyridine rings is 1. The summed E-state index contributed by atoms with van der Waals surface area (Å²) < 4.78 is 1.54. The number of nitrogens with zero attached hydrogens (tertiary/aromatic N) is 4. The average molecular weight is 440 g/mol. The maximum absolute atomic E-state index is 13.5. The normalized spacial score (nSPS) is 14.8. The van der Waals surface area contributed by atoms with E-state index < -0.39 is 0 Å². The summed E-state index contributed by atoms with van der Waals surface area (Å²) in [6.07, 6.45) is 5.39. The molecule has 0 saturated heterocycles. The van der Waals surface area contributed by atoms with E-state index >= 15 is 0 Å². The summed E-state index contributed by atoms with van der Waals surface area (Å²) in [5, 5.41) is 4.20. The van der Waals surface area contributed by atoms with Gasteiger partial charge in [-0.2, -0.15) is 0 Å². The third kappa shape index (κ3) is 3.61. The number of carbonyl (C=O) groups excluding carboxylic acids is 2. The van der Waals surface area contributed by atoms with Gasteiger partial charge in [-0.15, -0.1) is 0 Å².